The second-order valence-electron chi connectivity index (χ2n) is 10.9. The van der Waals surface area contributed by atoms with Gasteiger partial charge in [-0.15, -0.1) is 0 Å². The van der Waals surface area contributed by atoms with Crippen LogP contribution in [0.3, 0.4) is 0 Å². The Bertz CT molecular complexity index is 784. The van der Waals surface area contributed by atoms with E-state index in [1.807, 2.05) is 26.8 Å². The lowest BCUT2D eigenvalue weighted by atomic mass is 9.39. The summed E-state index contributed by atoms with van der Waals surface area (Å²) in [5.41, 5.74) is -0.352. The van der Waals surface area contributed by atoms with Crippen LogP contribution in [-0.4, -0.2) is 29.6 Å². The second kappa shape index (κ2) is 6.54. The number of rotatable bonds is 3. The van der Waals surface area contributed by atoms with E-state index in [-0.39, 0.29) is 34.2 Å². The molecule has 160 valence electrons. The van der Waals surface area contributed by atoms with Crippen molar-refractivity contribution in [3.05, 3.63) is 23.8 Å². The van der Waals surface area contributed by atoms with Crippen molar-refractivity contribution in [1.29, 1.82) is 0 Å². The van der Waals surface area contributed by atoms with Gasteiger partial charge in [-0.2, -0.15) is 0 Å². The van der Waals surface area contributed by atoms with Crippen LogP contribution in [0.25, 0.3) is 0 Å². The monoisotopic (exact) mass is 400 g/mol. The first-order valence-electron chi connectivity index (χ1n) is 11.3. The summed E-state index contributed by atoms with van der Waals surface area (Å²) >= 11 is 0. The van der Waals surface area contributed by atoms with Crippen molar-refractivity contribution in [2.45, 2.75) is 85.4 Å². The Hall–Kier alpha value is -1.42. The predicted octanol–water partition coefficient (Wildman–Crippen LogP) is 4.61. The highest BCUT2D eigenvalue weighted by Crippen LogP contribution is 2.72. The van der Waals surface area contributed by atoms with Gasteiger partial charge in [-0.05, 0) is 69.6 Å². The number of aliphatic hydroxyl groups excluding tert-OH is 1. The van der Waals surface area contributed by atoms with Gasteiger partial charge in [-0.25, -0.2) is 4.79 Å². The molecule has 0 aromatic rings. The van der Waals surface area contributed by atoms with Gasteiger partial charge in [-0.3, -0.25) is 0 Å². The molecule has 0 amide bonds. The number of esters is 1. The van der Waals surface area contributed by atoms with Crippen molar-refractivity contribution in [3.8, 4) is 0 Å². The summed E-state index contributed by atoms with van der Waals surface area (Å²) in [6, 6.07) is 0. The summed E-state index contributed by atoms with van der Waals surface area (Å²) in [6.45, 7) is 10.2. The molecule has 4 heteroatoms. The van der Waals surface area contributed by atoms with Crippen molar-refractivity contribution in [2.75, 3.05) is 0 Å². The maximum atomic E-state index is 12.7. The third-order valence-corrected chi connectivity index (χ3v) is 9.60. The Morgan fingerprint density at radius 1 is 1.07 bits per heavy atom. The molecule has 0 aliphatic heterocycles. The minimum Gasteiger partial charge on any atom is -0.457 e. The van der Waals surface area contributed by atoms with Gasteiger partial charge in [0.1, 0.15) is 12.4 Å². The zero-order chi connectivity index (χ0) is 21.2. The molecule has 0 aromatic carbocycles. The summed E-state index contributed by atoms with van der Waals surface area (Å²) in [4.78, 5) is 24.9. The first-order chi connectivity index (χ1) is 13.6. The van der Waals surface area contributed by atoms with Crippen LogP contribution in [0.15, 0.2) is 23.8 Å². The molecule has 0 radical (unpaired) electrons. The van der Waals surface area contributed by atoms with Crippen LogP contribution >= 0.6 is 0 Å². The SMILES string of the molecule is C/C=C(\C)C(=O)O[C@@H]1[C@]23C=C[C@@]1(C)CC[C@@H]2[C@]1(C)CC[C@@H](O)[C@@](C)(C=O)[C@H]1CC3. The predicted molar refractivity (Wildman–Crippen MR) is 112 cm³/mol. The highest BCUT2D eigenvalue weighted by atomic mass is 16.5. The Labute approximate surface area is 174 Å². The standard InChI is InChI=1S/C25H36O4/c1-6-16(2)20(28)29-21-22(3)10-7-18-23(4)11-9-19(27)24(5,15-26)17(23)8-12-25(18,21)14-13-22/h6,13-15,17-19,21,27H,7-12H2,1-5H3/b16-6+/t17-,18+,19+,21-,22+,23+,24-,25+/m0/s1. The van der Waals surface area contributed by atoms with Crippen LogP contribution in [0.4, 0.5) is 0 Å². The molecule has 1 spiro atoms. The summed E-state index contributed by atoms with van der Waals surface area (Å²) in [6.07, 6.45) is 12.2. The maximum Gasteiger partial charge on any atom is 0.333 e. The number of ether oxygens (including phenoxy) is 1. The fourth-order valence-electron chi connectivity index (χ4n) is 7.75. The topological polar surface area (TPSA) is 63.6 Å². The molecule has 0 heterocycles. The summed E-state index contributed by atoms with van der Waals surface area (Å²) < 4.78 is 6.23. The molecule has 4 aliphatic rings. The van der Waals surface area contributed by atoms with E-state index in [1.54, 1.807) is 0 Å². The van der Waals surface area contributed by atoms with Crippen molar-refractivity contribution in [2.24, 2.45) is 33.5 Å². The van der Waals surface area contributed by atoms with E-state index in [9.17, 15) is 14.7 Å². The summed E-state index contributed by atoms with van der Waals surface area (Å²) in [7, 11) is 0. The highest BCUT2D eigenvalue weighted by Gasteiger charge is 2.69. The lowest BCUT2D eigenvalue weighted by Gasteiger charge is -2.65. The third-order valence-electron chi connectivity index (χ3n) is 9.60. The lowest BCUT2D eigenvalue weighted by Crippen LogP contribution is -2.64. The maximum absolute atomic E-state index is 12.7. The number of fused-ring (bicyclic) bond motifs is 3. The van der Waals surface area contributed by atoms with Gasteiger partial charge in [0.15, 0.2) is 0 Å². The average Bonchev–Trinajstić information content (AvgIpc) is 2.86. The average molecular weight is 401 g/mol. The van der Waals surface area contributed by atoms with E-state index in [0.717, 1.165) is 38.4 Å². The number of allylic oxidation sites excluding steroid dienone is 1. The molecule has 3 saturated carbocycles. The van der Waals surface area contributed by atoms with Crippen LogP contribution in [0, 0.1) is 33.5 Å². The molecular weight excluding hydrogens is 364 g/mol. The van der Waals surface area contributed by atoms with E-state index in [2.05, 4.69) is 26.0 Å². The van der Waals surface area contributed by atoms with Gasteiger partial charge < -0.3 is 14.6 Å². The third kappa shape index (κ3) is 2.60. The van der Waals surface area contributed by atoms with Crippen LogP contribution in [-0.2, 0) is 14.3 Å². The zero-order valence-electron chi connectivity index (χ0n) is 18.5. The minimum absolute atomic E-state index is 0.0382. The van der Waals surface area contributed by atoms with Gasteiger partial charge in [0.05, 0.1) is 11.5 Å². The first kappa shape index (κ1) is 20.8. The van der Waals surface area contributed by atoms with E-state index in [0.29, 0.717) is 17.9 Å². The highest BCUT2D eigenvalue weighted by molar-refractivity contribution is 5.87. The van der Waals surface area contributed by atoms with Crippen molar-refractivity contribution in [3.63, 3.8) is 0 Å². The van der Waals surface area contributed by atoms with E-state index >= 15 is 0 Å². The normalized spacial score (nSPS) is 51.2. The molecule has 3 fully saturated rings. The Morgan fingerprint density at radius 2 is 1.76 bits per heavy atom. The molecule has 4 aliphatic carbocycles. The summed E-state index contributed by atoms with van der Waals surface area (Å²) in [5.74, 6) is 0.312. The Morgan fingerprint density at radius 3 is 2.41 bits per heavy atom. The van der Waals surface area contributed by atoms with Crippen LogP contribution in [0.2, 0.25) is 0 Å². The van der Waals surface area contributed by atoms with Crippen LogP contribution in [0.5, 0.6) is 0 Å². The molecule has 2 bridgehead atoms. The lowest BCUT2D eigenvalue weighted by molar-refractivity contribution is -0.214. The van der Waals surface area contributed by atoms with E-state index in [4.69, 9.17) is 4.74 Å². The number of hydrogen-bond donors (Lipinski definition) is 1. The largest absolute Gasteiger partial charge is 0.457 e. The molecule has 0 unspecified atom stereocenters. The molecule has 29 heavy (non-hydrogen) atoms. The minimum atomic E-state index is -0.689. The van der Waals surface area contributed by atoms with Gasteiger partial charge >= 0.3 is 5.97 Å². The van der Waals surface area contributed by atoms with Crippen molar-refractivity contribution >= 4 is 12.3 Å². The number of aliphatic hydroxyl groups is 1. The van der Waals surface area contributed by atoms with Crippen LogP contribution < -0.4 is 0 Å². The van der Waals surface area contributed by atoms with Gasteiger partial charge in [0, 0.05) is 16.4 Å². The molecule has 8 atom stereocenters. The fourth-order valence-corrected chi connectivity index (χ4v) is 7.75. The fraction of sp³-hybridized carbons (Fsp3) is 0.760. The molecule has 1 N–H and O–H groups in total. The number of carbonyl (C=O) groups excluding carboxylic acids is 2. The van der Waals surface area contributed by atoms with E-state index in [1.165, 1.54) is 0 Å². The Balaban J connectivity index is 1.74. The summed E-state index contributed by atoms with van der Waals surface area (Å²) in [5, 5.41) is 10.7. The number of carbonyl (C=O) groups is 2. The molecule has 4 rings (SSSR count). The molecule has 0 aromatic heterocycles. The number of aldehydes is 1. The van der Waals surface area contributed by atoms with Gasteiger partial charge in [0.2, 0.25) is 0 Å². The quantitative estimate of drug-likeness (QED) is 0.325. The second-order valence-corrected chi connectivity index (χ2v) is 10.9. The van der Waals surface area contributed by atoms with Gasteiger partial charge in [-0.1, -0.05) is 39.0 Å². The van der Waals surface area contributed by atoms with Crippen molar-refractivity contribution < 1.29 is 19.4 Å². The molecule has 0 saturated heterocycles. The molecule has 4 nitrogen and oxygen atoms in total. The van der Waals surface area contributed by atoms with Crippen molar-refractivity contribution in [1.82, 2.24) is 0 Å². The van der Waals surface area contributed by atoms with Gasteiger partial charge in [0.25, 0.3) is 0 Å². The Kier molecular flexibility index (Phi) is 4.70. The first-order valence-corrected chi connectivity index (χ1v) is 11.3. The zero-order valence-corrected chi connectivity index (χ0v) is 18.5. The smallest absolute Gasteiger partial charge is 0.333 e. The van der Waals surface area contributed by atoms with E-state index < -0.39 is 11.5 Å². The van der Waals surface area contributed by atoms with Crippen LogP contribution in [0.1, 0.15) is 73.1 Å². The molecular formula is C25H36O4. The number of hydrogen-bond acceptors (Lipinski definition) is 4.